The molecule has 1 fully saturated rings. The average Bonchev–Trinajstić information content (AvgIpc) is 2.54. The van der Waals surface area contributed by atoms with E-state index in [4.69, 9.17) is 0 Å². The zero-order valence-corrected chi connectivity index (χ0v) is 10.5. The number of benzene rings is 1. The lowest BCUT2D eigenvalue weighted by atomic mass is 9.85. The van der Waals surface area contributed by atoms with Gasteiger partial charge in [0.1, 0.15) is 0 Å². The van der Waals surface area contributed by atoms with Crippen LogP contribution in [0.3, 0.4) is 0 Å². The molecule has 3 rings (SSSR count). The summed E-state index contributed by atoms with van der Waals surface area (Å²) in [6, 6.07) is 6.70. The van der Waals surface area contributed by atoms with E-state index in [9.17, 15) is 0 Å². The minimum atomic E-state index is 0.968. The second kappa shape index (κ2) is 3.82. The van der Waals surface area contributed by atoms with Gasteiger partial charge in [-0.25, -0.2) is 0 Å². The molecular weight excluding hydrogens is 250 g/mol. The monoisotopic (exact) mass is 265 g/mol. The Morgan fingerprint density at radius 3 is 2.93 bits per heavy atom. The molecule has 0 unspecified atom stereocenters. The van der Waals surface area contributed by atoms with Crippen LogP contribution < -0.4 is 4.90 Å². The van der Waals surface area contributed by atoms with E-state index >= 15 is 0 Å². The number of hydrogen-bond donors (Lipinski definition) is 0. The van der Waals surface area contributed by atoms with E-state index in [2.05, 4.69) is 39.0 Å². The number of hydrogen-bond acceptors (Lipinski definition) is 1. The van der Waals surface area contributed by atoms with Gasteiger partial charge in [0.15, 0.2) is 0 Å². The van der Waals surface area contributed by atoms with Gasteiger partial charge in [0.05, 0.1) is 0 Å². The van der Waals surface area contributed by atoms with Crippen LogP contribution in [0.1, 0.15) is 24.8 Å². The van der Waals surface area contributed by atoms with E-state index in [1.165, 1.54) is 54.5 Å². The summed E-state index contributed by atoms with van der Waals surface area (Å²) in [5.41, 5.74) is 2.99. The van der Waals surface area contributed by atoms with E-state index in [-0.39, 0.29) is 0 Å². The van der Waals surface area contributed by atoms with Crippen molar-refractivity contribution in [1.29, 1.82) is 0 Å². The van der Waals surface area contributed by atoms with Gasteiger partial charge in [0.2, 0.25) is 0 Å². The van der Waals surface area contributed by atoms with Crippen LogP contribution in [-0.4, -0.2) is 13.1 Å². The summed E-state index contributed by atoms with van der Waals surface area (Å²) in [4.78, 5) is 2.57. The van der Waals surface area contributed by atoms with Crippen molar-refractivity contribution in [3.05, 3.63) is 28.2 Å². The minimum Gasteiger partial charge on any atom is -0.371 e. The molecule has 1 heterocycles. The molecule has 80 valence electrons. The molecule has 1 aromatic rings. The van der Waals surface area contributed by atoms with Crippen molar-refractivity contribution < 1.29 is 0 Å². The Morgan fingerprint density at radius 1 is 1.33 bits per heavy atom. The first-order chi connectivity index (χ1) is 7.33. The van der Waals surface area contributed by atoms with Crippen LogP contribution in [0.4, 0.5) is 5.69 Å². The SMILES string of the molecule is Brc1ccc2c(c1)N(CC1CCC1)CC2. The standard InChI is InChI=1S/C13H16BrN/c14-12-5-4-11-6-7-15(13(11)8-12)9-10-2-1-3-10/h4-5,8,10H,1-3,6-7,9H2. The van der Waals surface area contributed by atoms with E-state index in [1.54, 1.807) is 0 Å². The third-order valence-corrected chi connectivity index (χ3v) is 4.24. The quantitative estimate of drug-likeness (QED) is 0.790. The van der Waals surface area contributed by atoms with Crippen LogP contribution in [0.15, 0.2) is 22.7 Å². The Labute approximate surface area is 99.6 Å². The first kappa shape index (κ1) is 9.71. The summed E-state index contributed by atoms with van der Waals surface area (Å²) in [7, 11) is 0. The van der Waals surface area contributed by atoms with E-state index < -0.39 is 0 Å². The maximum Gasteiger partial charge on any atom is 0.0410 e. The van der Waals surface area contributed by atoms with Crippen molar-refractivity contribution >= 4 is 21.6 Å². The largest absolute Gasteiger partial charge is 0.371 e. The van der Waals surface area contributed by atoms with Gasteiger partial charge in [-0.05, 0) is 42.9 Å². The van der Waals surface area contributed by atoms with Crippen LogP contribution in [0.2, 0.25) is 0 Å². The lowest BCUT2D eigenvalue weighted by Crippen LogP contribution is -2.31. The Kier molecular flexibility index (Phi) is 2.47. The fourth-order valence-corrected chi connectivity index (χ4v) is 2.94. The fourth-order valence-electron chi connectivity index (χ4n) is 2.60. The average molecular weight is 266 g/mol. The van der Waals surface area contributed by atoms with Crippen molar-refractivity contribution in [3.8, 4) is 0 Å². The molecule has 0 atom stereocenters. The van der Waals surface area contributed by atoms with Gasteiger partial charge in [-0.2, -0.15) is 0 Å². The van der Waals surface area contributed by atoms with Crippen LogP contribution in [0.25, 0.3) is 0 Å². The molecule has 1 nitrogen and oxygen atoms in total. The van der Waals surface area contributed by atoms with Gasteiger partial charge in [-0.1, -0.05) is 28.4 Å². The summed E-state index contributed by atoms with van der Waals surface area (Å²) < 4.78 is 1.21. The molecule has 0 bridgehead atoms. The highest BCUT2D eigenvalue weighted by molar-refractivity contribution is 9.10. The highest BCUT2D eigenvalue weighted by atomic mass is 79.9. The Bertz CT molecular complexity index is 371. The van der Waals surface area contributed by atoms with Crippen LogP contribution >= 0.6 is 15.9 Å². The molecule has 0 spiro atoms. The predicted octanol–water partition coefficient (Wildman–Crippen LogP) is 3.61. The summed E-state index contributed by atoms with van der Waals surface area (Å²) in [5, 5.41) is 0. The Balaban J connectivity index is 1.80. The molecular formula is C13H16BrN. The Hall–Kier alpha value is -0.500. The predicted molar refractivity (Wildman–Crippen MR) is 67.4 cm³/mol. The zero-order valence-electron chi connectivity index (χ0n) is 8.88. The molecule has 2 heteroatoms. The molecule has 0 radical (unpaired) electrons. The maximum atomic E-state index is 3.56. The van der Waals surface area contributed by atoms with Crippen molar-refractivity contribution in [2.75, 3.05) is 18.0 Å². The molecule has 1 saturated carbocycles. The molecule has 15 heavy (non-hydrogen) atoms. The molecule has 2 aliphatic rings. The molecule has 0 amide bonds. The first-order valence-electron chi connectivity index (χ1n) is 5.86. The van der Waals surface area contributed by atoms with Gasteiger partial charge >= 0.3 is 0 Å². The molecule has 0 N–H and O–H groups in total. The van der Waals surface area contributed by atoms with Crippen molar-refractivity contribution in [2.24, 2.45) is 5.92 Å². The highest BCUT2D eigenvalue weighted by Crippen LogP contribution is 2.34. The van der Waals surface area contributed by atoms with E-state index in [0.29, 0.717) is 0 Å². The Morgan fingerprint density at radius 2 is 2.20 bits per heavy atom. The molecule has 1 aliphatic carbocycles. The normalized spacial score (nSPS) is 20.2. The lowest BCUT2D eigenvalue weighted by Gasteiger charge is -2.31. The van der Waals surface area contributed by atoms with Crippen LogP contribution in [0.5, 0.6) is 0 Å². The minimum absolute atomic E-state index is 0.968. The van der Waals surface area contributed by atoms with E-state index in [1.807, 2.05) is 0 Å². The molecule has 0 aromatic heterocycles. The number of fused-ring (bicyclic) bond motifs is 1. The van der Waals surface area contributed by atoms with Gasteiger partial charge in [-0.3, -0.25) is 0 Å². The maximum absolute atomic E-state index is 3.56. The van der Waals surface area contributed by atoms with Crippen LogP contribution in [0, 0.1) is 5.92 Å². The number of rotatable bonds is 2. The smallest absolute Gasteiger partial charge is 0.0410 e. The van der Waals surface area contributed by atoms with Crippen molar-refractivity contribution in [2.45, 2.75) is 25.7 Å². The third kappa shape index (κ3) is 1.80. The topological polar surface area (TPSA) is 3.24 Å². The highest BCUT2D eigenvalue weighted by Gasteiger charge is 2.25. The molecule has 1 aromatic carbocycles. The van der Waals surface area contributed by atoms with Gasteiger partial charge in [0, 0.05) is 23.2 Å². The summed E-state index contributed by atoms with van der Waals surface area (Å²) in [6.45, 7) is 2.51. The van der Waals surface area contributed by atoms with Gasteiger partial charge in [-0.15, -0.1) is 0 Å². The molecule has 0 saturated heterocycles. The van der Waals surface area contributed by atoms with Crippen LogP contribution in [-0.2, 0) is 6.42 Å². The third-order valence-electron chi connectivity index (χ3n) is 3.74. The van der Waals surface area contributed by atoms with Crippen molar-refractivity contribution in [1.82, 2.24) is 0 Å². The second-order valence-electron chi connectivity index (χ2n) is 4.77. The molecule has 1 aliphatic heterocycles. The van der Waals surface area contributed by atoms with Gasteiger partial charge < -0.3 is 4.90 Å². The zero-order chi connectivity index (χ0) is 10.3. The summed E-state index contributed by atoms with van der Waals surface area (Å²) >= 11 is 3.56. The number of nitrogens with zero attached hydrogens (tertiary/aromatic N) is 1. The lowest BCUT2D eigenvalue weighted by molar-refractivity contribution is 0.319. The van der Waals surface area contributed by atoms with E-state index in [0.717, 1.165) is 5.92 Å². The number of anilines is 1. The first-order valence-corrected chi connectivity index (χ1v) is 6.65. The summed E-state index contributed by atoms with van der Waals surface area (Å²) in [6.07, 6.45) is 5.57. The number of halogens is 1. The summed E-state index contributed by atoms with van der Waals surface area (Å²) in [5.74, 6) is 0.968. The van der Waals surface area contributed by atoms with Crippen molar-refractivity contribution in [3.63, 3.8) is 0 Å². The fraction of sp³-hybridized carbons (Fsp3) is 0.538. The van der Waals surface area contributed by atoms with Gasteiger partial charge in [0.25, 0.3) is 0 Å². The second-order valence-corrected chi connectivity index (χ2v) is 5.68.